The first-order valence-electron chi connectivity index (χ1n) is 6.47. The third-order valence-corrected chi connectivity index (χ3v) is 3.92. The number of hydrogen-bond acceptors (Lipinski definition) is 6. The van der Waals surface area contributed by atoms with E-state index in [2.05, 4.69) is 4.37 Å². The molecule has 1 saturated heterocycles. The highest BCUT2D eigenvalue weighted by atomic mass is 32.1. The van der Waals surface area contributed by atoms with E-state index in [0.29, 0.717) is 12.4 Å². The van der Waals surface area contributed by atoms with Crippen LogP contribution in [0, 0.1) is 0 Å². The molecule has 0 aromatic carbocycles. The van der Waals surface area contributed by atoms with Crippen molar-refractivity contribution in [2.75, 3.05) is 20.2 Å². The number of methoxy groups -OCH3 is 1. The highest BCUT2D eigenvalue weighted by Crippen LogP contribution is 2.33. The first-order valence-corrected chi connectivity index (χ1v) is 7.24. The molecule has 2 unspecified atom stereocenters. The highest BCUT2D eigenvalue weighted by Gasteiger charge is 2.38. The number of likely N-dealkylation sites (tertiary alicyclic amines) is 1. The van der Waals surface area contributed by atoms with Crippen LogP contribution in [0.1, 0.15) is 31.6 Å². The summed E-state index contributed by atoms with van der Waals surface area (Å²) in [6.45, 7) is 6.18. The molecule has 112 valence electrons. The average molecular weight is 300 g/mol. The Kier molecular flexibility index (Phi) is 4.19. The van der Waals surface area contributed by atoms with Crippen molar-refractivity contribution in [3.8, 4) is 5.88 Å². The van der Waals surface area contributed by atoms with Crippen LogP contribution in [0.15, 0.2) is 6.07 Å². The molecule has 2 rings (SSSR count). The van der Waals surface area contributed by atoms with Crippen LogP contribution in [0.5, 0.6) is 5.88 Å². The van der Waals surface area contributed by atoms with Gasteiger partial charge in [-0.25, -0.2) is 4.79 Å². The maximum absolute atomic E-state index is 12.0. The van der Waals surface area contributed by atoms with Gasteiger partial charge in [-0.15, -0.1) is 0 Å². The van der Waals surface area contributed by atoms with Crippen LogP contribution in [0.3, 0.4) is 0 Å². The second kappa shape index (κ2) is 5.57. The van der Waals surface area contributed by atoms with Crippen molar-refractivity contribution >= 4 is 17.6 Å². The van der Waals surface area contributed by atoms with E-state index in [1.54, 1.807) is 13.2 Å². The van der Waals surface area contributed by atoms with E-state index in [-0.39, 0.29) is 12.5 Å². The molecule has 1 fully saturated rings. The van der Waals surface area contributed by atoms with Crippen LogP contribution < -0.4 is 4.74 Å². The van der Waals surface area contributed by atoms with Crippen LogP contribution >= 0.6 is 11.5 Å². The normalized spacial score (nSPS) is 22.9. The van der Waals surface area contributed by atoms with Gasteiger partial charge in [-0.2, -0.15) is 4.37 Å². The third kappa shape index (κ3) is 3.40. The Morgan fingerprint density at radius 3 is 2.75 bits per heavy atom. The molecule has 1 amide bonds. The predicted molar refractivity (Wildman–Crippen MR) is 75.2 cm³/mol. The molecule has 0 saturated carbocycles. The molecule has 0 radical (unpaired) electrons. The van der Waals surface area contributed by atoms with E-state index in [1.165, 1.54) is 16.4 Å². The molecule has 1 aromatic heterocycles. The molecular formula is C13H20N2O4S. The van der Waals surface area contributed by atoms with Gasteiger partial charge in [0.2, 0.25) is 5.88 Å². The predicted octanol–water partition coefficient (Wildman–Crippen LogP) is 1.85. The highest BCUT2D eigenvalue weighted by molar-refractivity contribution is 7.06. The fourth-order valence-electron chi connectivity index (χ4n) is 2.08. The molecule has 20 heavy (non-hydrogen) atoms. The molecule has 7 heteroatoms. The fraction of sp³-hybridized carbons (Fsp3) is 0.692. The minimum Gasteiger partial charge on any atom is -0.480 e. The Bertz CT molecular complexity index is 483. The number of β-amino-alcohol motifs (C(OH)–C–C–N with tert-alkyl or cyclic N) is 1. The fourth-order valence-corrected chi connectivity index (χ4v) is 2.93. The minimum absolute atomic E-state index is 0.135. The number of aromatic nitrogens is 1. The number of amides is 1. The van der Waals surface area contributed by atoms with Crippen LogP contribution in [-0.4, -0.2) is 52.4 Å². The number of rotatable bonds is 2. The van der Waals surface area contributed by atoms with E-state index in [4.69, 9.17) is 9.47 Å². The van der Waals surface area contributed by atoms with Gasteiger partial charge in [0, 0.05) is 23.4 Å². The lowest BCUT2D eigenvalue weighted by Crippen LogP contribution is -2.35. The number of carbonyl (C=O) groups is 1. The number of aliphatic hydroxyl groups excluding tert-OH is 1. The Hall–Kier alpha value is -1.34. The van der Waals surface area contributed by atoms with Gasteiger partial charge < -0.3 is 19.5 Å². The monoisotopic (exact) mass is 300 g/mol. The Labute approximate surface area is 122 Å². The number of ether oxygens (including phenoxy) is 2. The lowest BCUT2D eigenvalue weighted by Gasteiger charge is -2.24. The summed E-state index contributed by atoms with van der Waals surface area (Å²) in [5, 5.41) is 10.1. The first kappa shape index (κ1) is 15.1. The van der Waals surface area contributed by atoms with Gasteiger partial charge in [-0.05, 0) is 32.3 Å². The standard InChI is InChI=1S/C13H20N2O4S/c1-13(2,3)19-12(17)15-6-8(9(16)7-15)10-5-11(18-4)14-20-10/h5,8-9,16H,6-7H2,1-4H3. The van der Waals surface area contributed by atoms with Crippen molar-refractivity contribution in [3.05, 3.63) is 10.9 Å². The molecule has 2 heterocycles. The Balaban J connectivity index is 2.03. The zero-order chi connectivity index (χ0) is 14.9. The number of carbonyl (C=O) groups excluding carboxylic acids is 1. The van der Waals surface area contributed by atoms with Gasteiger partial charge in [-0.3, -0.25) is 0 Å². The van der Waals surface area contributed by atoms with E-state index in [0.717, 1.165) is 4.88 Å². The van der Waals surface area contributed by atoms with Crippen molar-refractivity contribution in [2.45, 2.75) is 38.4 Å². The smallest absolute Gasteiger partial charge is 0.410 e. The lowest BCUT2D eigenvalue weighted by atomic mass is 10.1. The summed E-state index contributed by atoms with van der Waals surface area (Å²) in [7, 11) is 1.55. The summed E-state index contributed by atoms with van der Waals surface area (Å²) in [5.41, 5.74) is -0.534. The van der Waals surface area contributed by atoms with E-state index < -0.39 is 17.8 Å². The molecule has 0 spiro atoms. The SMILES string of the molecule is COc1cc(C2CN(C(=O)OC(C)(C)C)CC2O)sn1. The maximum atomic E-state index is 12.0. The largest absolute Gasteiger partial charge is 0.480 e. The van der Waals surface area contributed by atoms with Crippen molar-refractivity contribution in [1.29, 1.82) is 0 Å². The molecule has 0 bridgehead atoms. The third-order valence-electron chi connectivity index (χ3n) is 3.02. The quantitative estimate of drug-likeness (QED) is 0.902. The summed E-state index contributed by atoms with van der Waals surface area (Å²) in [4.78, 5) is 14.5. The Morgan fingerprint density at radius 2 is 2.20 bits per heavy atom. The van der Waals surface area contributed by atoms with Gasteiger partial charge in [-0.1, -0.05) is 0 Å². The minimum atomic E-state index is -0.604. The molecule has 1 aromatic rings. The lowest BCUT2D eigenvalue weighted by molar-refractivity contribution is 0.0270. The number of hydrogen-bond donors (Lipinski definition) is 1. The van der Waals surface area contributed by atoms with Crippen molar-refractivity contribution < 1.29 is 19.4 Å². The molecule has 1 N–H and O–H groups in total. The van der Waals surface area contributed by atoms with E-state index in [9.17, 15) is 9.90 Å². The van der Waals surface area contributed by atoms with E-state index in [1.807, 2.05) is 20.8 Å². The van der Waals surface area contributed by atoms with E-state index >= 15 is 0 Å². The van der Waals surface area contributed by atoms with Crippen LogP contribution in [0.4, 0.5) is 4.79 Å². The molecule has 1 aliphatic heterocycles. The second-order valence-electron chi connectivity index (χ2n) is 5.83. The van der Waals surface area contributed by atoms with Crippen LogP contribution in [0.25, 0.3) is 0 Å². The van der Waals surface area contributed by atoms with Gasteiger partial charge in [0.25, 0.3) is 0 Å². The number of aliphatic hydroxyl groups is 1. The maximum Gasteiger partial charge on any atom is 0.410 e. The molecule has 1 aliphatic rings. The summed E-state index contributed by atoms with van der Waals surface area (Å²) in [5.74, 6) is 0.400. The summed E-state index contributed by atoms with van der Waals surface area (Å²) >= 11 is 1.29. The van der Waals surface area contributed by atoms with Crippen molar-refractivity contribution in [3.63, 3.8) is 0 Å². The Morgan fingerprint density at radius 1 is 1.50 bits per heavy atom. The molecule has 6 nitrogen and oxygen atoms in total. The first-order chi connectivity index (χ1) is 9.30. The summed E-state index contributed by atoms with van der Waals surface area (Å²) in [6, 6.07) is 1.80. The number of nitrogens with zero attached hydrogens (tertiary/aromatic N) is 2. The molecule has 0 aliphatic carbocycles. The van der Waals surface area contributed by atoms with Gasteiger partial charge in [0.05, 0.1) is 19.8 Å². The van der Waals surface area contributed by atoms with Crippen LogP contribution in [0.2, 0.25) is 0 Å². The average Bonchev–Trinajstić information content (AvgIpc) is 2.92. The summed E-state index contributed by atoms with van der Waals surface area (Å²) < 4.78 is 14.5. The van der Waals surface area contributed by atoms with Gasteiger partial charge in [0.1, 0.15) is 5.60 Å². The van der Waals surface area contributed by atoms with Gasteiger partial charge in [0.15, 0.2) is 0 Å². The molecule has 2 atom stereocenters. The topological polar surface area (TPSA) is 71.9 Å². The van der Waals surface area contributed by atoms with Crippen LogP contribution in [-0.2, 0) is 4.74 Å². The van der Waals surface area contributed by atoms with Crippen molar-refractivity contribution in [2.24, 2.45) is 0 Å². The zero-order valence-electron chi connectivity index (χ0n) is 12.1. The molecular weight excluding hydrogens is 280 g/mol. The van der Waals surface area contributed by atoms with Gasteiger partial charge >= 0.3 is 6.09 Å². The second-order valence-corrected chi connectivity index (χ2v) is 6.67. The van der Waals surface area contributed by atoms with Crippen molar-refractivity contribution in [1.82, 2.24) is 9.27 Å². The summed E-state index contributed by atoms with van der Waals surface area (Å²) in [6.07, 6.45) is -0.997. The zero-order valence-corrected chi connectivity index (χ0v) is 12.9.